The zero-order chi connectivity index (χ0) is 14.4. The Morgan fingerprint density at radius 2 is 2.20 bits per heavy atom. The van der Waals surface area contributed by atoms with E-state index in [-0.39, 0.29) is 5.82 Å². The minimum atomic E-state index is -0.511. The summed E-state index contributed by atoms with van der Waals surface area (Å²) < 4.78 is 13.6. The molecule has 2 rings (SSSR count). The molecule has 5 nitrogen and oxygen atoms in total. The van der Waals surface area contributed by atoms with Crippen molar-refractivity contribution >= 4 is 11.8 Å². The van der Waals surface area contributed by atoms with Crippen LogP contribution in [-0.2, 0) is 6.54 Å². The van der Waals surface area contributed by atoms with Crippen molar-refractivity contribution in [2.45, 2.75) is 13.5 Å². The normalized spacial score (nSPS) is 9.85. The van der Waals surface area contributed by atoms with E-state index in [4.69, 9.17) is 5.26 Å². The molecule has 1 heterocycles. The van der Waals surface area contributed by atoms with E-state index in [9.17, 15) is 4.39 Å². The van der Waals surface area contributed by atoms with Crippen molar-refractivity contribution in [1.29, 1.82) is 5.26 Å². The highest BCUT2D eigenvalue weighted by Crippen LogP contribution is 2.13. The number of nitrogens with one attached hydrogen (secondary N) is 2. The SMILES string of the molecule is CCNc1ncc(F)c(NCc2cccc(C#N)c2)n1. The fourth-order valence-electron chi connectivity index (χ4n) is 1.67. The highest BCUT2D eigenvalue weighted by Gasteiger charge is 2.06. The topological polar surface area (TPSA) is 73.6 Å². The summed E-state index contributed by atoms with van der Waals surface area (Å²) in [5.41, 5.74) is 1.45. The van der Waals surface area contributed by atoms with Crippen LogP contribution in [0.5, 0.6) is 0 Å². The lowest BCUT2D eigenvalue weighted by atomic mass is 10.1. The van der Waals surface area contributed by atoms with Crippen molar-refractivity contribution < 1.29 is 4.39 Å². The second-order valence-corrected chi connectivity index (χ2v) is 4.09. The van der Waals surface area contributed by atoms with E-state index in [2.05, 4.69) is 26.7 Å². The Kier molecular flexibility index (Phi) is 4.45. The van der Waals surface area contributed by atoms with Crippen molar-refractivity contribution in [1.82, 2.24) is 9.97 Å². The molecule has 0 fully saturated rings. The molecule has 2 aromatic rings. The van der Waals surface area contributed by atoms with Crippen LogP contribution < -0.4 is 10.6 Å². The highest BCUT2D eigenvalue weighted by atomic mass is 19.1. The maximum Gasteiger partial charge on any atom is 0.224 e. The standard InChI is InChI=1S/C14H14FN5/c1-2-17-14-19-9-12(15)13(20-14)18-8-11-5-3-4-10(6-11)7-16/h3-6,9H,2,8H2,1H3,(H2,17,18,19,20). The number of hydrogen-bond acceptors (Lipinski definition) is 5. The molecule has 0 aliphatic rings. The lowest BCUT2D eigenvalue weighted by Crippen LogP contribution is -2.08. The summed E-state index contributed by atoms with van der Waals surface area (Å²) in [6.07, 6.45) is 1.12. The number of halogens is 1. The van der Waals surface area contributed by atoms with Crippen LogP contribution in [0.15, 0.2) is 30.5 Å². The number of rotatable bonds is 5. The van der Waals surface area contributed by atoms with E-state index in [0.717, 1.165) is 11.8 Å². The monoisotopic (exact) mass is 271 g/mol. The van der Waals surface area contributed by atoms with Gasteiger partial charge in [-0.1, -0.05) is 12.1 Å². The summed E-state index contributed by atoms with van der Waals surface area (Å²) >= 11 is 0. The van der Waals surface area contributed by atoms with Gasteiger partial charge in [-0.3, -0.25) is 0 Å². The average Bonchev–Trinajstić information content (AvgIpc) is 2.48. The van der Waals surface area contributed by atoms with Crippen LogP contribution in [-0.4, -0.2) is 16.5 Å². The van der Waals surface area contributed by atoms with Gasteiger partial charge in [-0.25, -0.2) is 9.37 Å². The highest BCUT2D eigenvalue weighted by molar-refractivity contribution is 5.42. The van der Waals surface area contributed by atoms with Crippen LogP contribution in [0, 0.1) is 17.1 Å². The Balaban J connectivity index is 2.10. The summed E-state index contributed by atoms with van der Waals surface area (Å²) in [6.45, 7) is 2.96. The first-order valence-electron chi connectivity index (χ1n) is 6.22. The van der Waals surface area contributed by atoms with Crippen LogP contribution in [0.25, 0.3) is 0 Å². The summed E-state index contributed by atoms with van der Waals surface area (Å²) in [5.74, 6) is 0.00331. The summed E-state index contributed by atoms with van der Waals surface area (Å²) in [6, 6.07) is 9.18. The first-order valence-corrected chi connectivity index (χ1v) is 6.22. The second-order valence-electron chi connectivity index (χ2n) is 4.09. The largest absolute Gasteiger partial charge is 0.363 e. The molecule has 1 aromatic heterocycles. The van der Waals surface area contributed by atoms with Gasteiger partial charge in [0.25, 0.3) is 0 Å². The van der Waals surface area contributed by atoms with Gasteiger partial charge >= 0.3 is 0 Å². The fourth-order valence-corrected chi connectivity index (χ4v) is 1.67. The number of nitrogens with zero attached hydrogens (tertiary/aromatic N) is 3. The van der Waals surface area contributed by atoms with Gasteiger partial charge in [0.1, 0.15) is 0 Å². The molecule has 0 aliphatic carbocycles. The molecule has 0 bridgehead atoms. The van der Waals surface area contributed by atoms with E-state index >= 15 is 0 Å². The zero-order valence-corrected chi connectivity index (χ0v) is 11.0. The molecule has 0 unspecified atom stereocenters. The molecule has 1 aromatic carbocycles. The molecular weight excluding hydrogens is 257 g/mol. The molecule has 2 N–H and O–H groups in total. The Bertz CT molecular complexity index is 636. The lowest BCUT2D eigenvalue weighted by Gasteiger charge is -2.08. The molecule has 0 saturated carbocycles. The second kappa shape index (κ2) is 6.48. The van der Waals surface area contributed by atoms with E-state index in [0.29, 0.717) is 24.6 Å². The lowest BCUT2D eigenvalue weighted by molar-refractivity contribution is 0.617. The maximum absolute atomic E-state index is 13.6. The van der Waals surface area contributed by atoms with Gasteiger partial charge in [0.15, 0.2) is 11.6 Å². The van der Waals surface area contributed by atoms with E-state index in [1.54, 1.807) is 18.2 Å². The number of hydrogen-bond donors (Lipinski definition) is 2. The predicted octanol–water partition coefficient (Wildman–Crippen LogP) is 2.53. The number of anilines is 2. The van der Waals surface area contributed by atoms with Crippen molar-refractivity contribution in [3.8, 4) is 6.07 Å². The first kappa shape index (κ1) is 13.7. The minimum Gasteiger partial charge on any atom is -0.363 e. The van der Waals surface area contributed by atoms with Crippen molar-refractivity contribution in [2.24, 2.45) is 0 Å². The van der Waals surface area contributed by atoms with Crippen LogP contribution >= 0.6 is 0 Å². The Morgan fingerprint density at radius 1 is 1.35 bits per heavy atom. The van der Waals surface area contributed by atoms with Crippen LogP contribution in [0.1, 0.15) is 18.1 Å². The third-order valence-corrected chi connectivity index (χ3v) is 2.60. The van der Waals surface area contributed by atoms with Crippen LogP contribution in [0.2, 0.25) is 0 Å². The molecule has 0 saturated heterocycles. The number of nitriles is 1. The third-order valence-electron chi connectivity index (χ3n) is 2.60. The molecule has 20 heavy (non-hydrogen) atoms. The molecule has 0 aliphatic heterocycles. The average molecular weight is 271 g/mol. The number of benzene rings is 1. The van der Waals surface area contributed by atoms with E-state index in [1.807, 2.05) is 13.0 Å². The minimum absolute atomic E-state index is 0.137. The van der Waals surface area contributed by atoms with E-state index < -0.39 is 5.82 Å². The Labute approximate surface area is 116 Å². The molecule has 0 spiro atoms. The summed E-state index contributed by atoms with van der Waals surface area (Å²) in [5, 5.41) is 14.7. The predicted molar refractivity (Wildman–Crippen MR) is 74.6 cm³/mol. The molecular formula is C14H14FN5. The van der Waals surface area contributed by atoms with Gasteiger partial charge in [-0.15, -0.1) is 0 Å². The van der Waals surface area contributed by atoms with Crippen LogP contribution in [0.4, 0.5) is 16.2 Å². The molecule has 0 atom stereocenters. The summed E-state index contributed by atoms with van der Waals surface area (Å²) in [7, 11) is 0. The first-order chi connectivity index (χ1) is 9.72. The van der Waals surface area contributed by atoms with Gasteiger partial charge in [0.05, 0.1) is 17.8 Å². The van der Waals surface area contributed by atoms with Crippen molar-refractivity contribution in [2.75, 3.05) is 17.2 Å². The zero-order valence-electron chi connectivity index (χ0n) is 11.0. The molecule has 102 valence electrons. The number of aromatic nitrogens is 2. The molecule has 6 heteroatoms. The van der Waals surface area contributed by atoms with Gasteiger partial charge in [0.2, 0.25) is 5.95 Å². The van der Waals surface area contributed by atoms with Crippen LogP contribution in [0.3, 0.4) is 0 Å². The van der Waals surface area contributed by atoms with Gasteiger partial charge in [-0.05, 0) is 24.6 Å². The third kappa shape index (κ3) is 3.42. The maximum atomic E-state index is 13.6. The van der Waals surface area contributed by atoms with Gasteiger partial charge in [0, 0.05) is 13.1 Å². The van der Waals surface area contributed by atoms with Gasteiger partial charge in [-0.2, -0.15) is 10.2 Å². The smallest absolute Gasteiger partial charge is 0.224 e. The molecule has 0 radical (unpaired) electrons. The quantitative estimate of drug-likeness (QED) is 0.874. The summed E-state index contributed by atoms with van der Waals surface area (Å²) in [4.78, 5) is 7.88. The Hall–Kier alpha value is -2.68. The fraction of sp³-hybridized carbons (Fsp3) is 0.214. The van der Waals surface area contributed by atoms with Crippen molar-refractivity contribution in [3.63, 3.8) is 0 Å². The van der Waals surface area contributed by atoms with E-state index in [1.165, 1.54) is 0 Å². The van der Waals surface area contributed by atoms with Crippen molar-refractivity contribution in [3.05, 3.63) is 47.4 Å². The Morgan fingerprint density at radius 3 is 2.95 bits per heavy atom. The molecule has 0 amide bonds. The van der Waals surface area contributed by atoms with Gasteiger partial charge < -0.3 is 10.6 Å².